The van der Waals surface area contributed by atoms with Crippen LogP contribution >= 0.6 is 15.9 Å². The third-order valence-corrected chi connectivity index (χ3v) is 4.55. The number of anilines is 2. The van der Waals surface area contributed by atoms with Gasteiger partial charge in [0.05, 0.1) is 11.6 Å². The standard InChI is InChI=1S/C16H13BrF2N4O/c1-8-10(17)4-3-5-11(8)21-15-13-9(6-12(22-15)14(18)19)7-20-23(2)16(13)24/h3-7,14H,1-2H3,(H,21,22). The van der Waals surface area contributed by atoms with Gasteiger partial charge in [-0.25, -0.2) is 18.4 Å². The van der Waals surface area contributed by atoms with Gasteiger partial charge < -0.3 is 5.32 Å². The number of rotatable bonds is 3. The van der Waals surface area contributed by atoms with Crippen molar-refractivity contribution in [1.82, 2.24) is 14.8 Å². The molecule has 0 amide bonds. The van der Waals surface area contributed by atoms with Crippen molar-refractivity contribution in [1.29, 1.82) is 0 Å². The maximum atomic E-state index is 13.1. The molecule has 0 bridgehead atoms. The fraction of sp³-hybridized carbons (Fsp3) is 0.188. The Morgan fingerprint density at radius 1 is 1.33 bits per heavy atom. The van der Waals surface area contributed by atoms with Gasteiger partial charge in [0.2, 0.25) is 0 Å². The first-order valence-electron chi connectivity index (χ1n) is 7.05. The minimum Gasteiger partial charge on any atom is -0.339 e. The molecule has 2 aromatic heterocycles. The van der Waals surface area contributed by atoms with Crippen LogP contribution in [-0.4, -0.2) is 14.8 Å². The molecule has 1 aromatic carbocycles. The summed E-state index contributed by atoms with van der Waals surface area (Å²) < 4.78 is 28.3. The molecule has 0 unspecified atom stereocenters. The summed E-state index contributed by atoms with van der Waals surface area (Å²) in [6.07, 6.45) is -1.37. The summed E-state index contributed by atoms with van der Waals surface area (Å²) in [5.74, 6) is 0.0898. The van der Waals surface area contributed by atoms with Gasteiger partial charge in [0, 0.05) is 22.6 Å². The number of hydrogen-bond donors (Lipinski definition) is 1. The first-order chi connectivity index (χ1) is 11.4. The first kappa shape index (κ1) is 16.5. The summed E-state index contributed by atoms with van der Waals surface area (Å²) in [6, 6.07) is 6.64. The summed E-state index contributed by atoms with van der Waals surface area (Å²) >= 11 is 3.42. The molecule has 0 radical (unpaired) electrons. The lowest BCUT2D eigenvalue weighted by Gasteiger charge is -2.13. The van der Waals surface area contributed by atoms with Gasteiger partial charge in [0.25, 0.3) is 12.0 Å². The topological polar surface area (TPSA) is 59.8 Å². The zero-order chi connectivity index (χ0) is 17.4. The smallest absolute Gasteiger partial charge is 0.280 e. The largest absolute Gasteiger partial charge is 0.339 e. The van der Waals surface area contributed by atoms with E-state index in [-0.39, 0.29) is 11.2 Å². The molecule has 3 aromatic rings. The van der Waals surface area contributed by atoms with Gasteiger partial charge in [-0.1, -0.05) is 22.0 Å². The van der Waals surface area contributed by atoms with E-state index in [1.54, 1.807) is 12.1 Å². The fourth-order valence-electron chi connectivity index (χ4n) is 2.35. The molecule has 0 aliphatic carbocycles. The molecule has 5 nitrogen and oxygen atoms in total. The number of nitrogens with one attached hydrogen (secondary N) is 1. The van der Waals surface area contributed by atoms with Crippen LogP contribution in [0.25, 0.3) is 10.8 Å². The van der Waals surface area contributed by atoms with E-state index in [2.05, 4.69) is 31.3 Å². The first-order valence-corrected chi connectivity index (χ1v) is 7.85. The number of alkyl halides is 2. The third-order valence-electron chi connectivity index (χ3n) is 3.69. The molecule has 1 N–H and O–H groups in total. The van der Waals surface area contributed by atoms with Gasteiger partial charge >= 0.3 is 0 Å². The maximum Gasteiger partial charge on any atom is 0.280 e. The van der Waals surface area contributed by atoms with Crippen molar-refractivity contribution < 1.29 is 8.78 Å². The van der Waals surface area contributed by atoms with Crippen LogP contribution in [0.2, 0.25) is 0 Å². The monoisotopic (exact) mass is 394 g/mol. The maximum absolute atomic E-state index is 13.1. The van der Waals surface area contributed by atoms with Gasteiger partial charge in [-0.05, 0) is 30.7 Å². The molecule has 0 atom stereocenters. The lowest BCUT2D eigenvalue weighted by Crippen LogP contribution is -2.20. The molecule has 0 spiro atoms. The minimum atomic E-state index is -2.75. The predicted molar refractivity (Wildman–Crippen MR) is 91.9 cm³/mol. The van der Waals surface area contributed by atoms with Gasteiger partial charge in [-0.2, -0.15) is 5.10 Å². The highest BCUT2D eigenvalue weighted by Gasteiger charge is 2.17. The average molecular weight is 395 g/mol. The van der Waals surface area contributed by atoms with Gasteiger partial charge in [-0.15, -0.1) is 0 Å². The lowest BCUT2D eigenvalue weighted by molar-refractivity contribution is 0.146. The highest BCUT2D eigenvalue weighted by Crippen LogP contribution is 2.30. The van der Waals surface area contributed by atoms with E-state index in [0.717, 1.165) is 14.7 Å². The molecule has 0 saturated heterocycles. The number of aromatic nitrogens is 3. The molecular formula is C16H13BrF2N4O. The number of nitrogens with zero attached hydrogens (tertiary/aromatic N) is 3. The van der Waals surface area contributed by atoms with Crippen LogP contribution in [0, 0.1) is 6.92 Å². The van der Waals surface area contributed by atoms with Crippen LogP contribution in [0.1, 0.15) is 17.7 Å². The molecule has 2 heterocycles. The van der Waals surface area contributed by atoms with Crippen LogP contribution in [0.5, 0.6) is 0 Å². The SMILES string of the molecule is Cc1c(Br)cccc1Nc1nc(C(F)F)cc2cnn(C)c(=O)c12. The van der Waals surface area contributed by atoms with Crippen LogP contribution in [0.15, 0.2) is 39.7 Å². The van der Waals surface area contributed by atoms with Crippen molar-refractivity contribution in [3.63, 3.8) is 0 Å². The van der Waals surface area contributed by atoms with Crippen LogP contribution < -0.4 is 10.9 Å². The Hall–Kier alpha value is -2.35. The van der Waals surface area contributed by atoms with Crippen molar-refractivity contribution >= 4 is 38.2 Å². The Labute approximate surface area is 144 Å². The zero-order valence-electron chi connectivity index (χ0n) is 12.8. The number of hydrogen-bond acceptors (Lipinski definition) is 4. The van der Waals surface area contributed by atoms with E-state index in [9.17, 15) is 13.6 Å². The third kappa shape index (κ3) is 2.89. The molecule has 124 valence electrons. The second-order valence-electron chi connectivity index (χ2n) is 5.27. The molecule has 0 saturated carbocycles. The average Bonchev–Trinajstić information content (AvgIpc) is 2.55. The Kier molecular flexibility index (Phi) is 4.31. The Bertz CT molecular complexity index is 988. The molecule has 0 fully saturated rings. The second-order valence-corrected chi connectivity index (χ2v) is 6.13. The molecule has 0 aliphatic rings. The van der Waals surface area contributed by atoms with Crippen LogP contribution in [0.4, 0.5) is 20.3 Å². The van der Waals surface area contributed by atoms with E-state index in [1.165, 1.54) is 19.3 Å². The van der Waals surface area contributed by atoms with E-state index < -0.39 is 17.7 Å². The fourth-order valence-corrected chi connectivity index (χ4v) is 2.71. The normalized spacial score (nSPS) is 11.2. The summed E-state index contributed by atoms with van der Waals surface area (Å²) in [6.45, 7) is 1.87. The summed E-state index contributed by atoms with van der Waals surface area (Å²) in [5.41, 5.74) is 0.730. The van der Waals surface area contributed by atoms with E-state index in [1.807, 2.05) is 13.0 Å². The number of benzene rings is 1. The minimum absolute atomic E-state index is 0.0898. The van der Waals surface area contributed by atoms with Gasteiger partial charge in [0.15, 0.2) is 0 Å². The number of aryl methyl sites for hydroxylation is 1. The number of fused-ring (bicyclic) bond motifs is 1. The van der Waals surface area contributed by atoms with Crippen molar-refractivity contribution in [2.45, 2.75) is 13.3 Å². The molecule has 24 heavy (non-hydrogen) atoms. The number of halogens is 3. The van der Waals surface area contributed by atoms with Gasteiger partial charge in [0.1, 0.15) is 11.5 Å². The molecular weight excluding hydrogens is 382 g/mol. The predicted octanol–water partition coefficient (Wildman–Crippen LogP) is 4.08. The lowest BCUT2D eigenvalue weighted by atomic mass is 10.1. The van der Waals surface area contributed by atoms with E-state index in [4.69, 9.17) is 0 Å². The molecule has 3 rings (SSSR count). The quantitative estimate of drug-likeness (QED) is 0.726. The Morgan fingerprint density at radius 2 is 2.08 bits per heavy atom. The summed E-state index contributed by atoms with van der Waals surface area (Å²) in [4.78, 5) is 16.3. The van der Waals surface area contributed by atoms with Crippen molar-refractivity contribution in [3.05, 3.63) is 56.5 Å². The number of pyridine rings is 1. The summed E-state index contributed by atoms with van der Waals surface area (Å²) in [7, 11) is 1.50. The Balaban J connectivity index is 2.26. The molecule has 0 aliphatic heterocycles. The zero-order valence-corrected chi connectivity index (χ0v) is 14.4. The molecule has 8 heteroatoms. The highest BCUT2D eigenvalue weighted by atomic mass is 79.9. The van der Waals surface area contributed by atoms with Crippen LogP contribution in [-0.2, 0) is 7.05 Å². The van der Waals surface area contributed by atoms with Crippen LogP contribution in [0.3, 0.4) is 0 Å². The van der Waals surface area contributed by atoms with Crippen molar-refractivity contribution in [2.24, 2.45) is 7.05 Å². The Morgan fingerprint density at radius 3 is 2.79 bits per heavy atom. The van der Waals surface area contributed by atoms with E-state index in [0.29, 0.717) is 11.1 Å². The van der Waals surface area contributed by atoms with Gasteiger partial charge in [-0.3, -0.25) is 4.79 Å². The highest BCUT2D eigenvalue weighted by molar-refractivity contribution is 9.10. The van der Waals surface area contributed by atoms with Crippen molar-refractivity contribution in [3.8, 4) is 0 Å². The van der Waals surface area contributed by atoms with E-state index >= 15 is 0 Å². The second kappa shape index (κ2) is 6.27. The van der Waals surface area contributed by atoms with Crippen molar-refractivity contribution in [2.75, 3.05) is 5.32 Å². The summed E-state index contributed by atoms with van der Waals surface area (Å²) in [5, 5.41) is 7.42.